The summed E-state index contributed by atoms with van der Waals surface area (Å²) >= 11 is 0. The van der Waals surface area contributed by atoms with Crippen molar-refractivity contribution in [2.24, 2.45) is 5.73 Å². The predicted octanol–water partition coefficient (Wildman–Crippen LogP) is 4.20. The van der Waals surface area contributed by atoms with Crippen LogP contribution in [0.5, 0.6) is 5.75 Å². The van der Waals surface area contributed by atoms with E-state index in [0.29, 0.717) is 12.5 Å². The number of hydrogen-bond acceptors (Lipinski definition) is 2. The fraction of sp³-hybridized carbons (Fsp3) is 0.333. The number of benzene rings is 2. The van der Waals surface area contributed by atoms with Crippen molar-refractivity contribution in [2.75, 3.05) is 6.61 Å². The average Bonchev–Trinajstić information content (AvgIpc) is 2.46. The molecule has 2 aromatic rings. The SMILES string of the molecule is Cc1ccc(C(N)COc2cccc(C(C)C)c2)cc1. The van der Waals surface area contributed by atoms with E-state index in [9.17, 15) is 0 Å². The van der Waals surface area contributed by atoms with Crippen molar-refractivity contribution in [1.29, 1.82) is 0 Å². The van der Waals surface area contributed by atoms with E-state index in [0.717, 1.165) is 11.3 Å². The van der Waals surface area contributed by atoms with Gasteiger partial charge in [0.1, 0.15) is 12.4 Å². The van der Waals surface area contributed by atoms with Crippen molar-refractivity contribution in [2.45, 2.75) is 32.7 Å². The van der Waals surface area contributed by atoms with Gasteiger partial charge in [-0.3, -0.25) is 0 Å². The largest absolute Gasteiger partial charge is 0.492 e. The summed E-state index contributed by atoms with van der Waals surface area (Å²) in [5, 5.41) is 0. The predicted molar refractivity (Wildman–Crippen MR) is 84.1 cm³/mol. The Bertz CT molecular complexity index is 546. The molecule has 0 heterocycles. The molecule has 0 fully saturated rings. The quantitative estimate of drug-likeness (QED) is 0.883. The van der Waals surface area contributed by atoms with Gasteiger partial charge in [0.05, 0.1) is 6.04 Å². The van der Waals surface area contributed by atoms with Crippen LogP contribution in [-0.2, 0) is 0 Å². The maximum atomic E-state index is 6.17. The molecule has 0 aromatic heterocycles. The van der Waals surface area contributed by atoms with Gasteiger partial charge in [-0.1, -0.05) is 55.8 Å². The molecule has 0 amide bonds. The Kier molecular flexibility index (Phi) is 4.80. The van der Waals surface area contributed by atoms with E-state index in [2.05, 4.69) is 57.2 Å². The Morgan fingerprint density at radius 3 is 2.35 bits per heavy atom. The third-order valence-corrected chi connectivity index (χ3v) is 3.46. The zero-order valence-corrected chi connectivity index (χ0v) is 12.5. The molecule has 0 bridgehead atoms. The lowest BCUT2D eigenvalue weighted by Gasteiger charge is -2.15. The van der Waals surface area contributed by atoms with Crippen LogP contribution in [0.15, 0.2) is 48.5 Å². The Balaban J connectivity index is 1.97. The van der Waals surface area contributed by atoms with Crippen molar-refractivity contribution in [3.05, 3.63) is 65.2 Å². The van der Waals surface area contributed by atoms with Gasteiger partial charge in [0.15, 0.2) is 0 Å². The second-order valence-corrected chi connectivity index (χ2v) is 5.56. The molecule has 0 saturated heterocycles. The van der Waals surface area contributed by atoms with Crippen LogP contribution < -0.4 is 10.5 Å². The van der Waals surface area contributed by atoms with Crippen LogP contribution in [0, 0.1) is 6.92 Å². The van der Waals surface area contributed by atoms with E-state index in [-0.39, 0.29) is 6.04 Å². The van der Waals surface area contributed by atoms with Crippen LogP contribution in [0.1, 0.15) is 42.5 Å². The highest BCUT2D eigenvalue weighted by molar-refractivity contribution is 5.30. The molecule has 2 nitrogen and oxygen atoms in total. The number of nitrogens with two attached hydrogens (primary N) is 1. The minimum absolute atomic E-state index is 0.0988. The monoisotopic (exact) mass is 269 g/mol. The number of hydrogen-bond donors (Lipinski definition) is 1. The standard InChI is InChI=1S/C18H23NO/c1-13(2)16-5-4-6-17(11-16)20-12-18(19)15-9-7-14(3)8-10-15/h4-11,13,18H,12,19H2,1-3H3. The third-order valence-electron chi connectivity index (χ3n) is 3.46. The summed E-state index contributed by atoms with van der Waals surface area (Å²) < 4.78 is 5.82. The first-order valence-electron chi connectivity index (χ1n) is 7.11. The molecule has 20 heavy (non-hydrogen) atoms. The summed E-state index contributed by atoms with van der Waals surface area (Å²) in [6, 6.07) is 16.4. The molecule has 106 valence electrons. The topological polar surface area (TPSA) is 35.2 Å². The summed E-state index contributed by atoms with van der Waals surface area (Å²) in [6.07, 6.45) is 0. The van der Waals surface area contributed by atoms with Gasteiger partial charge in [-0.05, 0) is 36.1 Å². The van der Waals surface area contributed by atoms with Gasteiger partial charge in [-0.25, -0.2) is 0 Å². The Hall–Kier alpha value is -1.80. The van der Waals surface area contributed by atoms with Gasteiger partial charge in [0, 0.05) is 0 Å². The van der Waals surface area contributed by atoms with E-state index in [1.54, 1.807) is 0 Å². The number of ether oxygens (including phenoxy) is 1. The Morgan fingerprint density at radius 1 is 1.00 bits per heavy atom. The maximum Gasteiger partial charge on any atom is 0.119 e. The second-order valence-electron chi connectivity index (χ2n) is 5.56. The fourth-order valence-electron chi connectivity index (χ4n) is 2.06. The van der Waals surface area contributed by atoms with E-state index in [4.69, 9.17) is 10.5 Å². The number of rotatable bonds is 5. The number of aryl methyl sites for hydroxylation is 1. The lowest BCUT2D eigenvalue weighted by molar-refractivity contribution is 0.290. The molecular weight excluding hydrogens is 246 g/mol. The van der Waals surface area contributed by atoms with Crippen LogP contribution in [0.25, 0.3) is 0 Å². The first kappa shape index (κ1) is 14.6. The van der Waals surface area contributed by atoms with Crippen LogP contribution in [0.2, 0.25) is 0 Å². The van der Waals surface area contributed by atoms with Gasteiger partial charge in [-0.2, -0.15) is 0 Å². The van der Waals surface area contributed by atoms with E-state index >= 15 is 0 Å². The van der Waals surface area contributed by atoms with Gasteiger partial charge in [0.2, 0.25) is 0 Å². The summed E-state index contributed by atoms with van der Waals surface area (Å²) in [5.41, 5.74) is 9.80. The molecule has 0 aliphatic heterocycles. The molecule has 2 rings (SSSR count). The van der Waals surface area contributed by atoms with Crippen LogP contribution in [-0.4, -0.2) is 6.61 Å². The van der Waals surface area contributed by atoms with E-state index < -0.39 is 0 Å². The van der Waals surface area contributed by atoms with Crippen molar-refractivity contribution in [3.63, 3.8) is 0 Å². The molecule has 2 heteroatoms. The van der Waals surface area contributed by atoms with Gasteiger partial charge in [0.25, 0.3) is 0 Å². The summed E-state index contributed by atoms with van der Waals surface area (Å²) in [4.78, 5) is 0. The van der Waals surface area contributed by atoms with Crippen LogP contribution in [0.4, 0.5) is 0 Å². The zero-order chi connectivity index (χ0) is 14.5. The fourth-order valence-corrected chi connectivity index (χ4v) is 2.06. The lowest BCUT2D eigenvalue weighted by Crippen LogP contribution is -2.19. The second kappa shape index (κ2) is 6.58. The molecule has 0 aliphatic rings. The van der Waals surface area contributed by atoms with E-state index in [1.807, 2.05) is 12.1 Å². The molecular formula is C18H23NO. The highest BCUT2D eigenvalue weighted by Gasteiger charge is 2.07. The Morgan fingerprint density at radius 2 is 1.70 bits per heavy atom. The van der Waals surface area contributed by atoms with Crippen molar-refractivity contribution in [3.8, 4) is 5.75 Å². The van der Waals surface area contributed by atoms with Crippen LogP contribution >= 0.6 is 0 Å². The molecule has 1 atom stereocenters. The smallest absolute Gasteiger partial charge is 0.119 e. The molecule has 2 N–H and O–H groups in total. The van der Waals surface area contributed by atoms with Crippen molar-refractivity contribution < 1.29 is 4.74 Å². The van der Waals surface area contributed by atoms with Crippen molar-refractivity contribution >= 4 is 0 Å². The summed E-state index contributed by atoms with van der Waals surface area (Å²) in [7, 11) is 0. The molecule has 2 aromatic carbocycles. The lowest BCUT2D eigenvalue weighted by atomic mass is 10.0. The maximum absolute atomic E-state index is 6.17. The highest BCUT2D eigenvalue weighted by Crippen LogP contribution is 2.21. The molecule has 0 radical (unpaired) electrons. The summed E-state index contributed by atoms with van der Waals surface area (Å²) in [5.74, 6) is 1.39. The average molecular weight is 269 g/mol. The van der Waals surface area contributed by atoms with Crippen LogP contribution in [0.3, 0.4) is 0 Å². The first-order valence-corrected chi connectivity index (χ1v) is 7.11. The van der Waals surface area contributed by atoms with Gasteiger partial charge in [-0.15, -0.1) is 0 Å². The highest BCUT2D eigenvalue weighted by atomic mass is 16.5. The normalized spacial score (nSPS) is 12.4. The minimum Gasteiger partial charge on any atom is -0.492 e. The molecule has 0 saturated carbocycles. The molecule has 0 spiro atoms. The third kappa shape index (κ3) is 3.84. The van der Waals surface area contributed by atoms with Crippen molar-refractivity contribution in [1.82, 2.24) is 0 Å². The van der Waals surface area contributed by atoms with Gasteiger partial charge >= 0.3 is 0 Å². The molecule has 1 unspecified atom stereocenters. The minimum atomic E-state index is -0.0988. The zero-order valence-electron chi connectivity index (χ0n) is 12.5. The van der Waals surface area contributed by atoms with E-state index in [1.165, 1.54) is 11.1 Å². The molecule has 0 aliphatic carbocycles. The first-order chi connectivity index (χ1) is 9.56. The summed E-state index contributed by atoms with van der Waals surface area (Å²) in [6.45, 7) is 6.92. The van der Waals surface area contributed by atoms with Gasteiger partial charge < -0.3 is 10.5 Å². The Labute approximate surface area is 121 Å².